The van der Waals surface area contributed by atoms with Gasteiger partial charge in [0.2, 0.25) is 11.8 Å². The van der Waals surface area contributed by atoms with Crippen molar-refractivity contribution in [1.82, 2.24) is 19.4 Å². The highest BCUT2D eigenvalue weighted by Crippen LogP contribution is 2.31. The molecule has 2 saturated heterocycles. The maximum absolute atomic E-state index is 12.9. The largest absolute Gasteiger partial charge is 0.444 e. The fraction of sp³-hybridized carbons (Fsp3) is 0.545. The van der Waals surface area contributed by atoms with Crippen LogP contribution in [0, 0.1) is 0 Å². The van der Waals surface area contributed by atoms with Crippen LogP contribution in [0.3, 0.4) is 0 Å². The Morgan fingerprint density at radius 2 is 1.87 bits per heavy atom. The van der Waals surface area contributed by atoms with Crippen molar-refractivity contribution in [2.45, 2.75) is 57.6 Å². The second-order valence-electron chi connectivity index (χ2n) is 9.34. The average molecular weight is 428 g/mol. The van der Waals surface area contributed by atoms with E-state index in [2.05, 4.69) is 5.32 Å². The number of imide groups is 1. The van der Waals surface area contributed by atoms with Gasteiger partial charge < -0.3 is 9.64 Å². The van der Waals surface area contributed by atoms with Gasteiger partial charge in [0.25, 0.3) is 0 Å². The number of aromatic nitrogens is 2. The Morgan fingerprint density at radius 3 is 2.55 bits per heavy atom. The molecule has 0 aliphatic carbocycles. The first kappa shape index (κ1) is 21.1. The molecular formula is C22H28N4O5. The minimum absolute atomic E-state index is 0.144. The van der Waals surface area contributed by atoms with E-state index >= 15 is 0 Å². The van der Waals surface area contributed by atoms with Crippen molar-refractivity contribution in [2.75, 3.05) is 13.1 Å². The molecule has 2 unspecified atom stereocenters. The van der Waals surface area contributed by atoms with Crippen molar-refractivity contribution in [3.63, 3.8) is 0 Å². The molecule has 31 heavy (non-hydrogen) atoms. The van der Waals surface area contributed by atoms with Crippen LogP contribution in [0.2, 0.25) is 0 Å². The van der Waals surface area contributed by atoms with Crippen LogP contribution < -0.4 is 11.0 Å². The number of likely N-dealkylation sites (tertiary alicyclic amines) is 1. The molecule has 0 bridgehead atoms. The van der Waals surface area contributed by atoms with Gasteiger partial charge in [0, 0.05) is 32.5 Å². The Bertz CT molecular complexity index is 1120. The monoisotopic (exact) mass is 428 g/mol. The van der Waals surface area contributed by atoms with Crippen LogP contribution in [0.5, 0.6) is 0 Å². The molecule has 9 nitrogen and oxygen atoms in total. The van der Waals surface area contributed by atoms with E-state index in [9.17, 15) is 19.2 Å². The second kappa shape index (κ2) is 7.55. The van der Waals surface area contributed by atoms with Crippen molar-refractivity contribution in [2.24, 2.45) is 7.05 Å². The summed E-state index contributed by atoms with van der Waals surface area (Å²) < 4.78 is 8.48. The SMILES string of the molecule is Cn1c(=O)n(C2CCC(=O)NC2=O)c2ccc(C3CCN(C(=O)OC(C)(C)C)C3)cc21. The number of rotatable bonds is 2. The standard InChI is InChI=1S/C22H28N4O5/c1-22(2,3)31-21(30)25-10-9-14(12-25)13-5-6-15-17(11-13)24(4)20(29)26(15)16-7-8-18(27)23-19(16)28/h5-6,11,14,16H,7-10,12H2,1-4H3,(H,23,27,28). The molecule has 9 heteroatoms. The Kier molecular flexibility index (Phi) is 5.15. The summed E-state index contributed by atoms with van der Waals surface area (Å²) in [6, 6.07) is 5.07. The predicted molar refractivity (Wildman–Crippen MR) is 114 cm³/mol. The Morgan fingerprint density at radius 1 is 1.13 bits per heavy atom. The van der Waals surface area contributed by atoms with E-state index in [4.69, 9.17) is 4.74 Å². The van der Waals surface area contributed by atoms with Gasteiger partial charge in [-0.1, -0.05) is 6.07 Å². The number of carbonyl (C=O) groups is 3. The normalized spacial score (nSPS) is 22.1. The minimum atomic E-state index is -0.700. The summed E-state index contributed by atoms with van der Waals surface area (Å²) in [6.07, 6.45) is 1.01. The fourth-order valence-corrected chi connectivity index (χ4v) is 4.39. The van der Waals surface area contributed by atoms with E-state index in [-0.39, 0.29) is 30.0 Å². The lowest BCUT2D eigenvalue weighted by molar-refractivity contribution is -0.135. The molecule has 0 spiro atoms. The van der Waals surface area contributed by atoms with Crippen LogP contribution in [0.4, 0.5) is 4.79 Å². The van der Waals surface area contributed by atoms with Gasteiger partial charge in [0.15, 0.2) is 0 Å². The quantitative estimate of drug-likeness (QED) is 0.738. The highest BCUT2D eigenvalue weighted by atomic mass is 16.6. The fourth-order valence-electron chi connectivity index (χ4n) is 4.39. The van der Waals surface area contributed by atoms with Gasteiger partial charge in [0.1, 0.15) is 11.6 Å². The van der Waals surface area contributed by atoms with E-state index in [0.29, 0.717) is 25.0 Å². The number of hydrogen-bond acceptors (Lipinski definition) is 5. The number of aryl methyl sites for hydroxylation is 1. The van der Waals surface area contributed by atoms with Gasteiger partial charge in [-0.3, -0.25) is 24.0 Å². The average Bonchev–Trinajstić information content (AvgIpc) is 3.26. The third kappa shape index (κ3) is 3.96. The first-order chi connectivity index (χ1) is 14.5. The number of fused-ring (bicyclic) bond motifs is 1. The van der Waals surface area contributed by atoms with Gasteiger partial charge in [-0.2, -0.15) is 0 Å². The van der Waals surface area contributed by atoms with Crippen LogP contribution in [0.1, 0.15) is 57.6 Å². The van der Waals surface area contributed by atoms with E-state index in [1.54, 1.807) is 11.9 Å². The number of nitrogens with zero attached hydrogens (tertiary/aromatic N) is 3. The molecule has 1 aromatic carbocycles. The van der Waals surface area contributed by atoms with Crippen LogP contribution in [0.25, 0.3) is 11.0 Å². The van der Waals surface area contributed by atoms with Crippen molar-refractivity contribution in [3.8, 4) is 0 Å². The van der Waals surface area contributed by atoms with Gasteiger partial charge in [-0.15, -0.1) is 0 Å². The third-order valence-corrected chi connectivity index (χ3v) is 5.95. The van der Waals surface area contributed by atoms with Gasteiger partial charge in [-0.05, 0) is 51.3 Å². The van der Waals surface area contributed by atoms with Crippen molar-refractivity contribution in [3.05, 3.63) is 34.2 Å². The van der Waals surface area contributed by atoms with Gasteiger partial charge in [0.05, 0.1) is 11.0 Å². The Hall–Kier alpha value is -3.10. The summed E-state index contributed by atoms with van der Waals surface area (Å²) in [6.45, 7) is 6.72. The van der Waals surface area contributed by atoms with Crippen LogP contribution in [-0.4, -0.2) is 50.6 Å². The van der Waals surface area contributed by atoms with Gasteiger partial charge in [-0.25, -0.2) is 9.59 Å². The molecule has 2 aliphatic heterocycles. The zero-order chi connectivity index (χ0) is 22.5. The van der Waals surface area contributed by atoms with E-state index in [0.717, 1.165) is 17.5 Å². The molecule has 2 aromatic rings. The number of ether oxygens (including phenoxy) is 1. The summed E-state index contributed by atoms with van der Waals surface area (Å²) in [5.41, 5.74) is 1.60. The summed E-state index contributed by atoms with van der Waals surface area (Å²) in [4.78, 5) is 50.8. The molecule has 0 saturated carbocycles. The zero-order valence-corrected chi connectivity index (χ0v) is 18.3. The Balaban J connectivity index is 1.61. The second-order valence-corrected chi connectivity index (χ2v) is 9.34. The summed E-state index contributed by atoms with van der Waals surface area (Å²) >= 11 is 0. The van der Waals surface area contributed by atoms with Crippen molar-refractivity contribution >= 4 is 28.9 Å². The molecule has 3 heterocycles. The number of benzene rings is 1. The van der Waals surface area contributed by atoms with Crippen LogP contribution in [-0.2, 0) is 21.4 Å². The van der Waals surface area contributed by atoms with E-state index in [1.807, 2.05) is 39.0 Å². The summed E-state index contributed by atoms with van der Waals surface area (Å²) in [5, 5.41) is 2.32. The molecule has 4 rings (SSSR count). The lowest BCUT2D eigenvalue weighted by atomic mass is 9.98. The van der Waals surface area contributed by atoms with Crippen molar-refractivity contribution < 1.29 is 19.1 Å². The van der Waals surface area contributed by atoms with E-state index < -0.39 is 17.6 Å². The predicted octanol–water partition coefficient (Wildman–Crippen LogP) is 2.04. The number of hydrogen-bond donors (Lipinski definition) is 1. The lowest BCUT2D eigenvalue weighted by Crippen LogP contribution is -2.44. The smallest absolute Gasteiger partial charge is 0.410 e. The van der Waals surface area contributed by atoms with Crippen LogP contribution in [0.15, 0.2) is 23.0 Å². The molecule has 0 radical (unpaired) electrons. The number of imidazole rings is 1. The highest BCUT2D eigenvalue weighted by Gasteiger charge is 2.33. The first-order valence-corrected chi connectivity index (χ1v) is 10.6. The summed E-state index contributed by atoms with van der Waals surface area (Å²) in [7, 11) is 1.68. The maximum atomic E-state index is 12.9. The minimum Gasteiger partial charge on any atom is -0.444 e. The molecule has 2 fully saturated rings. The first-order valence-electron chi connectivity index (χ1n) is 10.6. The molecule has 1 aromatic heterocycles. The van der Waals surface area contributed by atoms with Crippen molar-refractivity contribution in [1.29, 1.82) is 0 Å². The molecular weight excluding hydrogens is 400 g/mol. The topological polar surface area (TPSA) is 103 Å². The highest BCUT2D eigenvalue weighted by molar-refractivity contribution is 6.00. The van der Waals surface area contributed by atoms with E-state index in [1.165, 1.54) is 9.13 Å². The number of amides is 3. The molecule has 3 amide bonds. The lowest BCUT2D eigenvalue weighted by Gasteiger charge is -2.24. The number of piperidine rings is 1. The van der Waals surface area contributed by atoms with Gasteiger partial charge >= 0.3 is 11.8 Å². The Labute approximate surface area is 179 Å². The molecule has 166 valence electrons. The zero-order valence-electron chi connectivity index (χ0n) is 18.3. The molecule has 2 atom stereocenters. The molecule has 1 N–H and O–H groups in total. The summed E-state index contributed by atoms with van der Waals surface area (Å²) in [5.74, 6) is -0.614. The number of nitrogens with one attached hydrogen (secondary N) is 1. The maximum Gasteiger partial charge on any atom is 0.410 e. The molecule has 2 aliphatic rings. The number of carbonyl (C=O) groups excluding carboxylic acids is 3. The van der Waals surface area contributed by atoms with Crippen LogP contribution >= 0.6 is 0 Å². The third-order valence-electron chi connectivity index (χ3n) is 5.95.